The summed E-state index contributed by atoms with van der Waals surface area (Å²) >= 11 is 0. The number of nitrogens with one attached hydrogen (secondary N) is 3. The predicted octanol–water partition coefficient (Wildman–Crippen LogP) is 8.77. The number of fused-ring (bicyclic) bond motifs is 1. The van der Waals surface area contributed by atoms with Crippen molar-refractivity contribution in [3.63, 3.8) is 0 Å². The van der Waals surface area contributed by atoms with E-state index in [1.54, 1.807) is 24.1 Å². The molecule has 0 bridgehead atoms. The zero-order chi connectivity index (χ0) is 33.5. The molecular weight excluding hydrogens is 588 g/mol. The van der Waals surface area contributed by atoms with Gasteiger partial charge in [0.25, 0.3) is 5.56 Å². The Hall–Kier alpha value is -5.18. The van der Waals surface area contributed by atoms with Crippen LogP contribution in [0.1, 0.15) is 76.0 Å². The minimum Gasteiger partial charge on any atom is -0.497 e. The van der Waals surface area contributed by atoms with Gasteiger partial charge in [0.15, 0.2) is 0 Å². The summed E-state index contributed by atoms with van der Waals surface area (Å²) in [5.41, 5.74) is 6.59. The third-order valence-electron chi connectivity index (χ3n) is 8.25. The fourth-order valence-electron chi connectivity index (χ4n) is 5.81. The highest BCUT2D eigenvalue weighted by molar-refractivity contribution is 6.08. The number of benzene rings is 2. The molecule has 3 heterocycles. The fraction of sp³-hybridized carbons (Fsp3) is 0.316. The number of anilines is 3. The first-order valence-electron chi connectivity index (χ1n) is 16.3. The van der Waals surface area contributed by atoms with Crippen LogP contribution in [0.2, 0.25) is 0 Å². The first-order chi connectivity index (χ1) is 22.7. The van der Waals surface area contributed by atoms with E-state index in [2.05, 4.69) is 72.7 Å². The van der Waals surface area contributed by atoms with Gasteiger partial charge in [-0.05, 0) is 83.0 Å². The van der Waals surface area contributed by atoms with Crippen LogP contribution in [0, 0.1) is 0 Å². The molecule has 0 radical (unpaired) electrons. The zero-order valence-corrected chi connectivity index (χ0v) is 28.1. The molecule has 9 heteroatoms. The SMILES string of the molecule is CCCCn1c(=O)c(NC(=O)Nc2c(C(C)C)cc(NCc3cccnc3)cc2C(C)C)c(-c2cccc(OC)c2)c2cccnc21. The van der Waals surface area contributed by atoms with E-state index in [1.807, 2.05) is 54.7 Å². The Morgan fingerprint density at radius 1 is 0.915 bits per heavy atom. The molecular formula is C38H44N6O3. The van der Waals surface area contributed by atoms with Crippen molar-refractivity contribution in [1.82, 2.24) is 14.5 Å². The van der Waals surface area contributed by atoms with Gasteiger partial charge in [-0.3, -0.25) is 14.3 Å². The molecule has 5 aromatic rings. The molecule has 0 saturated heterocycles. The van der Waals surface area contributed by atoms with Crippen LogP contribution in [-0.4, -0.2) is 27.7 Å². The van der Waals surface area contributed by atoms with Crippen LogP contribution < -0.4 is 26.2 Å². The molecule has 0 fully saturated rings. The van der Waals surface area contributed by atoms with Gasteiger partial charge in [0.1, 0.15) is 17.1 Å². The molecule has 3 aromatic heterocycles. The van der Waals surface area contributed by atoms with Crippen molar-refractivity contribution in [2.75, 3.05) is 23.1 Å². The lowest BCUT2D eigenvalue weighted by Gasteiger charge is -2.23. The maximum atomic E-state index is 14.2. The number of ether oxygens (including phenoxy) is 1. The predicted molar refractivity (Wildman–Crippen MR) is 192 cm³/mol. The quantitative estimate of drug-likeness (QED) is 0.127. The number of amides is 2. The van der Waals surface area contributed by atoms with Gasteiger partial charge in [0.05, 0.1) is 7.11 Å². The van der Waals surface area contributed by atoms with Gasteiger partial charge in [-0.1, -0.05) is 59.2 Å². The Morgan fingerprint density at radius 3 is 2.30 bits per heavy atom. The van der Waals surface area contributed by atoms with Gasteiger partial charge in [-0.2, -0.15) is 0 Å². The van der Waals surface area contributed by atoms with Crippen molar-refractivity contribution in [3.05, 3.63) is 106 Å². The summed E-state index contributed by atoms with van der Waals surface area (Å²) < 4.78 is 7.18. The van der Waals surface area contributed by atoms with Crippen LogP contribution in [0.5, 0.6) is 5.75 Å². The molecule has 0 aliphatic rings. The molecule has 0 unspecified atom stereocenters. The summed E-state index contributed by atoms with van der Waals surface area (Å²) in [7, 11) is 1.60. The number of rotatable bonds is 12. The maximum absolute atomic E-state index is 14.2. The smallest absolute Gasteiger partial charge is 0.323 e. The van der Waals surface area contributed by atoms with Crippen molar-refractivity contribution in [2.45, 2.75) is 72.4 Å². The molecule has 0 saturated carbocycles. The monoisotopic (exact) mass is 632 g/mol. The molecule has 0 aliphatic carbocycles. The summed E-state index contributed by atoms with van der Waals surface area (Å²) in [6.07, 6.45) is 7.00. The molecule has 9 nitrogen and oxygen atoms in total. The van der Waals surface area contributed by atoms with Crippen molar-refractivity contribution >= 4 is 34.1 Å². The van der Waals surface area contributed by atoms with Crippen LogP contribution in [0.25, 0.3) is 22.2 Å². The standard InChI is InChI=1S/C38H44N6O3/c1-7-8-18-44-36-30(15-11-17-40-36)33(27-13-9-14-29(19-27)47-6)35(37(44)45)43-38(46)42-34-31(24(2)3)20-28(21-32(34)25(4)5)41-23-26-12-10-16-39-22-26/h9-17,19-22,24-25,41H,7-8,18,23H2,1-6H3,(H2,42,43,46). The molecule has 5 rings (SSSR count). The summed E-state index contributed by atoms with van der Waals surface area (Å²) in [6.45, 7) is 11.6. The van der Waals surface area contributed by atoms with Crippen molar-refractivity contribution in [1.29, 1.82) is 0 Å². The first-order valence-corrected chi connectivity index (χ1v) is 16.3. The van der Waals surface area contributed by atoms with Crippen LogP contribution in [0.3, 0.4) is 0 Å². The molecule has 3 N–H and O–H groups in total. The van der Waals surface area contributed by atoms with Crippen molar-refractivity contribution in [3.8, 4) is 16.9 Å². The van der Waals surface area contributed by atoms with E-state index in [0.29, 0.717) is 30.0 Å². The van der Waals surface area contributed by atoms with E-state index < -0.39 is 6.03 Å². The van der Waals surface area contributed by atoms with Gasteiger partial charge in [0.2, 0.25) is 0 Å². The number of methoxy groups -OCH3 is 1. The van der Waals surface area contributed by atoms with E-state index in [9.17, 15) is 9.59 Å². The number of aryl methyl sites for hydroxylation is 1. The highest BCUT2D eigenvalue weighted by atomic mass is 16.5. The van der Waals surface area contributed by atoms with E-state index in [4.69, 9.17) is 4.74 Å². The van der Waals surface area contributed by atoms with Gasteiger partial charge in [-0.15, -0.1) is 0 Å². The third-order valence-corrected chi connectivity index (χ3v) is 8.25. The Morgan fingerprint density at radius 2 is 1.64 bits per heavy atom. The van der Waals surface area contributed by atoms with E-state index >= 15 is 0 Å². The highest BCUT2D eigenvalue weighted by Gasteiger charge is 2.23. The Labute approximate surface area is 276 Å². The third kappa shape index (κ3) is 7.46. The lowest BCUT2D eigenvalue weighted by atomic mass is 9.91. The second-order valence-electron chi connectivity index (χ2n) is 12.3. The maximum Gasteiger partial charge on any atom is 0.323 e. The number of pyridine rings is 3. The molecule has 0 aliphatic heterocycles. The van der Waals surface area contributed by atoms with Gasteiger partial charge >= 0.3 is 6.03 Å². The molecule has 47 heavy (non-hydrogen) atoms. The topological polar surface area (TPSA) is 110 Å². The average Bonchev–Trinajstić information content (AvgIpc) is 3.08. The second kappa shape index (κ2) is 14.9. The van der Waals surface area contributed by atoms with E-state index in [-0.39, 0.29) is 23.1 Å². The number of urea groups is 1. The summed E-state index contributed by atoms with van der Waals surface area (Å²) in [4.78, 5) is 37.1. The van der Waals surface area contributed by atoms with Crippen LogP contribution in [-0.2, 0) is 13.1 Å². The average molecular weight is 633 g/mol. The molecule has 2 aromatic carbocycles. The minimum atomic E-state index is -0.489. The van der Waals surface area contributed by atoms with E-state index in [0.717, 1.165) is 51.9 Å². The molecule has 0 atom stereocenters. The Balaban J connectivity index is 1.58. The number of hydrogen-bond donors (Lipinski definition) is 3. The lowest BCUT2D eigenvalue weighted by molar-refractivity contribution is 0.262. The minimum absolute atomic E-state index is 0.119. The number of aromatic nitrogens is 3. The van der Waals surface area contributed by atoms with Crippen LogP contribution >= 0.6 is 0 Å². The Bertz CT molecular complexity index is 1890. The van der Waals surface area contributed by atoms with Gasteiger partial charge in [0, 0.05) is 54.0 Å². The lowest BCUT2D eigenvalue weighted by Crippen LogP contribution is -2.30. The number of carbonyl (C=O) groups excluding carboxylic acids is 1. The summed E-state index contributed by atoms with van der Waals surface area (Å²) in [5.74, 6) is 0.882. The number of carbonyl (C=O) groups is 1. The number of nitrogens with zero attached hydrogens (tertiary/aromatic N) is 3. The number of unbranched alkanes of at least 4 members (excludes halogenated alkanes) is 1. The number of hydrogen-bond acceptors (Lipinski definition) is 6. The van der Waals surface area contributed by atoms with Crippen molar-refractivity contribution in [2.24, 2.45) is 0 Å². The fourth-order valence-corrected chi connectivity index (χ4v) is 5.81. The van der Waals surface area contributed by atoms with E-state index in [1.165, 1.54) is 0 Å². The first kappa shape index (κ1) is 33.2. The van der Waals surface area contributed by atoms with Crippen LogP contribution in [0.4, 0.5) is 21.9 Å². The largest absolute Gasteiger partial charge is 0.497 e. The summed E-state index contributed by atoms with van der Waals surface area (Å²) in [5, 5.41) is 10.4. The normalized spacial score (nSPS) is 11.2. The molecule has 244 valence electrons. The highest BCUT2D eigenvalue weighted by Crippen LogP contribution is 2.37. The summed E-state index contributed by atoms with van der Waals surface area (Å²) in [6, 6.07) is 18.9. The van der Waals surface area contributed by atoms with Crippen molar-refractivity contribution < 1.29 is 9.53 Å². The van der Waals surface area contributed by atoms with Gasteiger partial charge < -0.3 is 20.7 Å². The Kier molecular flexibility index (Phi) is 10.6. The molecule has 2 amide bonds. The second-order valence-corrected chi connectivity index (χ2v) is 12.3. The molecule has 0 spiro atoms. The van der Waals surface area contributed by atoms with Crippen LogP contribution in [0.15, 0.2) is 84.0 Å². The van der Waals surface area contributed by atoms with Gasteiger partial charge in [-0.25, -0.2) is 9.78 Å². The zero-order valence-electron chi connectivity index (χ0n) is 28.1.